The number of nitrogens with one attached hydrogen (secondary N) is 1. The molecule has 7 heteroatoms. The van der Waals surface area contributed by atoms with Gasteiger partial charge in [-0.3, -0.25) is 14.4 Å². The fourth-order valence-electron chi connectivity index (χ4n) is 2.56. The summed E-state index contributed by atoms with van der Waals surface area (Å²) in [6.07, 6.45) is 1.46. The molecule has 0 aromatic heterocycles. The minimum Gasteiger partial charge on any atom is -0.369 e. The third-order valence-corrected chi connectivity index (χ3v) is 4.23. The lowest BCUT2D eigenvalue weighted by Crippen LogP contribution is -2.42. The van der Waals surface area contributed by atoms with Crippen molar-refractivity contribution in [1.82, 2.24) is 10.2 Å². The quantitative estimate of drug-likeness (QED) is 0.845. The van der Waals surface area contributed by atoms with Gasteiger partial charge in [0.15, 0.2) is 0 Å². The molecule has 1 saturated heterocycles. The number of nitrogens with two attached hydrogens (primary N) is 1. The second-order valence-corrected chi connectivity index (χ2v) is 6.01. The number of benzene rings is 1. The monoisotopic (exact) mass is 337 g/mol. The summed E-state index contributed by atoms with van der Waals surface area (Å²) in [6, 6.07) is 6.55. The summed E-state index contributed by atoms with van der Waals surface area (Å²) in [5.41, 5.74) is 5.77. The molecule has 3 amide bonds. The largest absolute Gasteiger partial charge is 0.369 e. The first kappa shape index (κ1) is 17.3. The Balaban J connectivity index is 1.72. The number of amides is 3. The van der Waals surface area contributed by atoms with Gasteiger partial charge in [0.2, 0.25) is 11.8 Å². The first-order valence-electron chi connectivity index (χ1n) is 7.58. The van der Waals surface area contributed by atoms with Gasteiger partial charge in [0.25, 0.3) is 5.91 Å². The van der Waals surface area contributed by atoms with Gasteiger partial charge in [-0.05, 0) is 37.1 Å². The molecule has 1 heterocycles. The molecule has 1 aromatic rings. The van der Waals surface area contributed by atoms with Crippen molar-refractivity contribution in [1.29, 1.82) is 0 Å². The van der Waals surface area contributed by atoms with E-state index in [4.69, 9.17) is 17.3 Å². The van der Waals surface area contributed by atoms with Crippen LogP contribution in [0.1, 0.15) is 29.6 Å². The molecule has 0 spiro atoms. The lowest BCUT2D eigenvalue weighted by atomic mass is 9.96. The number of carbonyl (C=O) groups excluding carboxylic acids is 3. The minimum absolute atomic E-state index is 0.0238. The van der Waals surface area contributed by atoms with Crippen LogP contribution < -0.4 is 11.1 Å². The smallest absolute Gasteiger partial charge is 0.251 e. The summed E-state index contributed by atoms with van der Waals surface area (Å²) < 4.78 is 0. The fourth-order valence-corrected chi connectivity index (χ4v) is 2.68. The predicted octanol–water partition coefficient (Wildman–Crippen LogP) is 1.18. The van der Waals surface area contributed by atoms with E-state index in [1.165, 1.54) is 0 Å². The molecule has 6 nitrogen and oxygen atoms in total. The summed E-state index contributed by atoms with van der Waals surface area (Å²) in [5.74, 6) is -0.692. The number of primary amides is 1. The molecule has 1 fully saturated rings. The lowest BCUT2D eigenvalue weighted by molar-refractivity contribution is -0.134. The van der Waals surface area contributed by atoms with Gasteiger partial charge in [-0.1, -0.05) is 11.6 Å². The third-order valence-electron chi connectivity index (χ3n) is 3.98. The van der Waals surface area contributed by atoms with E-state index in [1.807, 2.05) is 0 Å². The Hall–Kier alpha value is -2.08. The van der Waals surface area contributed by atoms with Gasteiger partial charge in [-0.2, -0.15) is 0 Å². The Morgan fingerprint density at radius 3 is 2.35 bits per heavy atom. The maximum absolute atomic E-state index is 12.1. The maximum Gasteiger partial charge on any atom is 0.251 e. The number of halogens is 1. The van der Waals surface area contributed by atoms with Gasteiger partial charge in [-0.25, -0.2) is 0 Å². The van der Waals surface area contributed by atoms with E-state index in [9.17, 15) is 14.4 Å². The van der Waals surface area contributed by atoms with Crippen LogP contribution in [0.3, 0.4) is 0 Å². The Labute approximate surface area is 140 Å². The van der Waals surface area contributed by atoms with E-state index in [2.05, 4.69) is 5.32 Å². The fraction of sp³-hybridized carbons (Fsp3) is 0.438. The average molecular weight is 338 g/mol. The zero-order chi connectivity index (χ0) is 16.8. The van der Waals surface area contributed by atoms with Gasteiger partial charge < -0.3 is 16.0 Å². The molecular weight excluding hydrogens is 318 g/mol. The lowest BCUT2D eigenvalue weighted by Gasteiger charge is -2.30. The third kappa shape index (κ3) is 4.96. The molecule has 0 radical (unpaired) electrons. The van der Waals surface area contributed by atoms with Crippen molar-refractivity contribution in [2.75, 3.05) is 19.6 Å². The molecule has 0 bridgehead atoms. The van der Waals surface area contributed by atoms with E-state index in [0.717, 1.165) is 0 Å². The van der Waals surface area contributed by atoms with Crippen LogP contribution in [-0.2, 0) is 9.59 Å². The highest BCUT2D eigenvalue weighted by Gasteiger charge is 2.25. The number of hydrogen-bond donors (Lipinski definition) is 2. The molecule has 124 valence electrons. The van der Waals surface area contributed by atoms with E-state index in [1.54, 1.807) is 29.2 Å². The van der Waals surface area contributed by atoms with Gasteiger partial charge in [0.1, 0.15) is 0 Å². The van der Waals surface area contributed by atoms with E-state index < -0.39 is 0 Å². The maximum atomic E-state index is 12.1. The predicted molar refractivity (Wildman–Crippen MR) is 86.9 cm³/mol. The summed E-state index contributed by atoms with van der Waals surface area (Å²) in [4.78, 5) is 36.8. The highest BCUT2D eigenvalue weighted by molar-refractivity contribution is 6.30. The average Bonchev–Trinajstić information content (AvgIpc) is 2.55. The Bertz CT molecular complexity index is 581. The Morgan fingerprint density at radius 1 is 1.17 bits per heavy atom. The topological polar surface area (TPSA) is 92.5 Å². The summed E-state index contributed by atoms with van der Waals surface area (Å²) in [6.45, 7) is 1.35. The summed E-state index contributed by atoms with van der Waals surface area (Å²) in [5, 5.41) is 3.28. The molecule has 23 heavy (non-hydrogen) atoms. The highest BCUT2D eigenvalue weighted by Crippen LogP contribution is 2.17. The number of rotatable bonds is 5. The molecule has 1 aliphatic heterocycles. The van der Waals surface area contributed by atoms with Crippen molar-refractivity contribution < 1.29 is 14.4 Å². The van der Waals surface area contributed by atoms with Crippen LogP contribution in [0.4, 0.5) is 0 Å². The molecule has 0 aliphatic carbocycles. The number of carbonyl (C=O) groups is 3. The van der Waals surface area contributed by atoms with Crippen molar-refractivity contribution >= 4 is 29.3 Å². The van der Waals surface area contributed by atoms with E-state index in [-0.39, 0.29) is 36.6 Å². The van der Waals surface area contributed by atoms with Gasteiger partial charge in [-0.15, -0.1) is 0 Å². The number of hydrogen-bond acceptors (Lipinski definition) is 3. The molecule has 0 unspecified atom stereocenters. The molecular formula is C16H20ClN3O3. The minimum atomic E-state index is -0.299. The number of piperidine rings is 1. The van der Waals surface area contributed by atoms with Crippen LogP contribution in [0.15, 0.2) is 24.3 Å². The summed E-state index contributed by atoms with van der Waals surface area (Å²) in [7, 11) is 0. The first-order chi connectivity index (χ1) is 11.0. The van der Waals surface area contributed by atoms with Crippen LogP contribution in [0, 0.1) is 5.92 Å². The van der Waals surface area contributed by atoms with Crippen LogP contribution in [-0.4, -0.2) is 42.3 Å². The standard InChI is InChI=1S/C16H20ClN3O3/c17-13-3-1-12(2-4-13)16(23)19-8-5-14(21)20-9-6-11(7-10-20)15(18)22/h1-4,11H,5-10H2,(H2,18,22)(H,19,23). The molecule has 0 saturated carbocycles. The van der Waals surface area contributed by atoms with Crippen molar-refractivity contribution in [2.24, 2.45) is 11.7 Å². The van der Waals surface area contributed by atoms with Crippen molar-refractivity contribution in [3.8, 4) is 0 Å². The Kier molecular flexibility index (Phi) is 5.98. The SMILES string of the molecule is NC(=O)C1CCN(C(=O)CCNC(=O)c2ccc(Cl)cc2)CC1. The van der Waals surface area contributed by atoms with Crippen LogP contribution in [0.2, 0.25) is 5.02 Å². The van der Waals surface area contributed by atoms with Crippen LogP contribution in [0.25, 0.3) is 0 Å². The molecule has 3 N–H and O–H groups in total. The van der Waals surface area contributed by atoms with Crippen molar-refractivity contribution in [3.63, 3.8) is 0 Å². The molecule has 1 aromatic carbocycles. The zero-order valence-corrected chi connectivity index (χ0v) is 13.5. The van der Waals surface area contributed by atoms with Gasteiger partial charge in [0.05, 0.1) is 0 Å². The van der Waals surface area contributed by atoms with Crippen LogP contribution in [0.5, 0.6) is 0 Å². The summed E-state index contributed by atoms with van der Waals surface area (Å²) >= 11 is 5.77. The normalized spacial score (nSPS) is 15.3. The number of nitrogens with zero attached hydrogens (tertiary/aromatic N) is 1. The van der Waals surface area contributed by atoms with Crippen molar-refractivity contribution in [2.45, 2.75) is 19.3 Å². The first-order valence-corrected chi connectivity index (χ1v) is 7.96. The zero-order valence-electron chi connectivity index (χ0n) is 12.8. The van der Waals surface area contributed by atoms with Gasteiger partial charge in [0, 0.05) is 42.6 Å². The molecule has 2 rings (SSSR count). The molecule has 1 aliphatic rings. The second kappa shape index (κ2) is 7.97. The Morgan fingerprint density at radius 2 is 1.78 bits per heavy atom. The van der Waals surface area contributed by atoms with Gasteiger partial charge >= 0.3 is 0 Å². The number of likely N-dealkylation sites (tertiary alicyclic amines) is 1. The second-order valence-electron chi connectivity index (χ2n) is 5.57. The molecule has 0 atom stereocenters. The van der Waals surface area contributed by atoms with E-state index >= 15 is 0 Å². The highest BCUT2D eigenvalue weighted by atomic mass is 35.5. The van der Waals surface area contributed by atoms with Crippen LogP contribution >= 0.6 is 11.6 Å². The van der Waals surface area contributed by atoms with E-state index in [0.29, 0.717) is 36.5 Å². The van der Waals surface area contributed by atoms with Crippen molar-refractivity contribution in [3.05, 3.63) is 34.9 Å².